The van der Waals surface area contributed by atoms with Gasteiger partial charge in [-0.1, -0.05) is 13.3 Å². The largest absolute Gasteiger partial charge is 0.573 e. The first-order chi connectivity index (χ1) is 17.5. The predicted molar refractivity (Wildman–Crippen MR) is 131 cm³/mol. The Morgan fingerprint density at radius 2 is 1.86 bits per heavy atom. The number of nitrogens with zero attached hydrogens (tertiary/aromatic N) is 2. The van der Waals surface area contributed by atoms with Crippen molar-refractivity contribution >= 4 is 17.6 Å². The highest BCUT2D eigenvalue weighted by molar-refractivity contribution is 6.04. The van der Waals surface area contributed by atoms with Gasteiger partial charge in [-0.15, -0.1) is 13.2 Å². The summed E-state index contributed by atoms with van der Waals surface area (Å²) in [6, 6.07) is 10.4. The number of hydrogen-bond acceptors (Lipinski definition) is 5. The minimum absolute atomic E-state index is 0.0148. The van der Waals surface area contributed by atoms with Gasteiger partial charge in [-0.2, -0.15) is 9.78 Å². The first-order valence-corrected chi connectivity index (χ1v) is 12.0. The molecule has 1 unspecified atom stereocenters. The Morgan fingerprint density at radius 3 is 2.43 bits per heavy atom. The Balaban J connectivity index is 1.51. The third-order valence-corrected chi connectivity index (χ3v) is 6.32. The Labute approximate surface area is 211 Å². The molecule has 1 heterocycles. The van der Waals surface area contributed by atoms with Crippen molar-refractivity contribution in [3.63, 3.8) is 0 Å². The molecule has 1 saturated carbocycles. The summed E-state index contributed by atoms with van der Waals surface area (Å²) in [5.41, 5.74) is 1.99. The number of alkyl halides is 3. The lowest BCUT2D eigenvalue weighted by Gasteiger charge is -2.25. The van der Waals surface area contributed by atoms with Crippen LogP contribution in [-0.4, -0.2) is 39.2 Å². The van der Waals surface area contributed by atoms with Crippen molar-refractivity contribution in [3.8, 4) is 22.8 Å². The maximum Gasteiger partial charge on any atom is 0.573 e. The summed E-state index contributed by atoms with van der Waals surface area (Å²) in [4.78, 5) is 25.3. The van der Waals surface area contributed by atoms with Crippen LogP contribution in [0.2, 0.25) is 0 Å². The summed E-state index contributed by atoms with van der Waals surface area (Å²) in [5.74, 6) is -0.954. The lowest BCUT2D eigenvalue weighted by molar-refractivity contribution is -0.274. The summed E-state index contributed by atoms with van der Waals surface area (Å²) in [5, 5.41) is 20.7. The number of aromatic nitrogens is 2. The van der Waals surface area contributed by atoms with Crippen LogP contribution in [0.1, 0.15) is 61.5 Å². The van der Waals surface area contributed by atoms with Gasteiger partial charge < -0.3 is 20.5 Å². The number of anilines is 1. The highest BCUT2D eigenvalue weighted by Gasteiger charge is 2.31. The molecule has 3 N–H and O–H groups in total. The fourth-order valence-corrected chi connectivity index (χ4v) is 3.90. The second-order valence-electron chi connectivity index (χ2n) is 9.01. The van der Waals surface area contributed by atoms with Crippen LogP contribution in [0.15, 0.2) is 48.5 Å². The molecule has 4 rings (SSSR count). The van der Waals surface area contributed by atoms with Gasteiger partial charge in [0.2, 0.25) is 0 Å². The molecule has 0 radical (unpaired) electrons. The zero-order chi connectivity index (χ0) is 26.7. The number of amides is 2. The maximum absolute atomic E-state index is 12.8. The van der Waals surface area contributed by atoms with Crippen molar-refractivity contribution in [2.75, 3.05) is 5.32 Å². The summed E-state index contributed by atoms with van der Waals surface area (Å²) < 4.78 is 42.1. The molecule has 2 amide bonds. The van der Waals surface area contributed by atoms with Gasteiger partial charge in [-0.05, 0) is 68.7 Å². The molecule has 0 aliphatic heterocycles. The zero-order valence-corrected chi connectivity index (χ0v) is 20.3. The van der Waals surface area contributed by atoms with Crippen LogP contribution >= 0.6 is 0 Å². The molecule has 1 aliphatic rings. The van der Waals surface area contributed by atoms with E-state index in [1.54, 1.807) is 18.2 Å². The van der Waals surface area contributed by atoms with E-state index in [0.717, 1.165) is 43.5 Å². The molecule has 1 aromatic heterocycles. The fraction of sp³-hybridized carbons (Fsp3) is 0.346. The minimum atomic E-state index is -4.82. The van der Waals surface area contributed by atoms with Crippen LogP contribution in [0, 0.1) is 0 Å². The van der Waals surface area contributed by atoms with E-state index in [4.69, 9.17) is 0 Å². The van der Waals surface area contributed by atoms with Crippen LogP contribution in [-0.2, 0) is 0 Å². The molecule has 1 fully saturated rings. The van der Waals surface area contributed by atoms with Crippen molar-refractivity contribution in [1.82, 2.24) is 15.1 Å². The third kappa shape index (κ3) is 6.22. The first kappa shape index (κ1) is 26.1. The average molecular weight is 517 g/mol. The number of aromatic hydroxyl groups is 1. The third-order valence-electron chi connectivity index (χ3n) is 6.32. The van der Waals surface area contributed by atoms with Crippen LogP contribution in [0.25, 0.3) is 11.3 Å². The Kier molecular flexibility index (Phi) is 7.42. The molecule has 37 heavy (non-hydrogen) atoms. The quantitative estimate of drug-likeness (QED) is 0.356. The van der Waals surface area contributed by atoms with Crippen molar-refractivity contribution in [2.24, 2.45) is 0 Å². The molecule has 0 bridgehead atoms. The molecule has 1 atom stereocenters. The van der Waals surface area contributed by atoms with E-state index < -0.39 is 18.0 Å². The van der Waals surface area contributed by atoms with Gasteiger partial charge in [-0.3, -0.25) is 4.79 Å². The number of hydrogen-bond donors (Lipinski definition) is 3. The summed E-state index contributed by atoms with van der Waals surface area (Å²) in [7, 11) is 0. The van der Waals surface area contributed by atoms with Crippen LogP contribution in [0.3, 0.4) is 0 Å². The minimum Gasteiger partial charge on any atom is -0.507 e. The second-order valence-corrected chi connectivity index (χ2v) is 9.01. The van der Waals surface area contributed by atoms with Crippen molar-refractivity contribution < 1.29 is 32.6 Å². The van der Waals surface area contributed by atoms with Crippen molar-refractivity contribution in [1.29, 1.82) is 0 Å². The van der Waals surface area contributed by atoms with E-state index in [1.807, 2.05) is 13.8 Å². The highest BCUT2D eigenvalue weighted by Crippen LogP contribution is 2.39. The molecule has 11 heteroatoms. The van der Waals surface area contributed by atoms with Gasteiger partial charge in [0.25, 0.3) is 5.91 Å². The number of rotatable bonds is 7. The number of carbonyl (C=O) groups is 2. The molecular formula is C26H27F3N4O4. The van der Waals surface area contributed by atoms with Crippen LogP contribution in [0.4, 0.5) is 23.7 Å². The molecule has 8 nitrogen and oxygen atoms in total. The van der Waals surface area contributed by atoms with Crippen molar-refractivity contribution in [3.05, 3.63) is 59.8 Å². The lowest BCUT2D eigenvalue weighted by Crippen LogP contribution is -2.37. The molecule has 0 spiro atoms. The normalized spacial score (nSPS) is 14.5. The van der Waals surface area contributed by atoms with Crippen LogP contribution in [0.5, 0.6) is 11.5 Å². The number of halogens is 3. The predicted octanol–water partition coefficient (Wildman–Crippen LogP) is 6.03. The molecule has 196 valence electrons. The van der Waals surface area contributed by atoms with Gasteiger partial charge >= 0.3 is 12.4 Å². The summed E-state index contributed by atoms with van der Waals surface area (Å²) in [6.45, 7) is 3.89. The van der Waals surface area contributed by atoms with E-state index >= 15 is 0 Å². The Morgan fingerprint density at radius 1 is 1.16 bits per heavy atom. The van der Waals surface area contributed by atoms with E-state index in [-0.39, 0.29) is 35.0 Å². The zero-order valence-electron chi connectivity index (χ0n) is 20.3. The monoisotopic (exact) mass is 516 g/mol. The summed E-state index contributed by atoms with van der Waals surface area (Å²) in [6.07, 6.45) is -1.05. The second kappa shape index (κ2) is 10.5. The first-order valence-electron chi connectivity index (χ1n) is 12.0. The number of ether oxygens (including phenoxy) is 1. The number of nitrogens with one attached hydrogen (secondary N) is 2. The van der Waals surface area contributed by atoms with Crippen molar-refractivity contribution in [2.45, 2.75) is 57.9 Å². The molecule has 3 aromatic rings. The van der Waals surface area contributed by atoms with Gasteiger partial charge in [0.05, 0.1) is 11.4 Å². The molecule has 1 aliphatic carbocycles. The van der Waals surface area contributed by atoms with E-state index in [0.29, 0.717) is 11.3 Å². The topological polar surface area (TPSA) is 105 Å². The summed E-state index contributed by atoms with van der Waals surface area (Å²) >= 11 is 0. The van der Waals surface area contributed by atoms with Gasteiger partial charge in [0.15, 0.2) is 0 Å². The maximum atomic E-state index is 12.8. The molecular weight excluding hydrogens is 489 g/mol. The number of phenols is 1. The lowest BCUT2D eigenvalue weighted by atomic mass is 9.82. The Hall–Kier alpha value is -4.02. The Bertz CT molecular complexity index is 1280. The van der Waals surface area contributed by atoms with Gasteiger partial charge in [-0.25, -0.2) is 4.79 Å². The fourth-order valence-electron chi connectivity index (χ4n) is 3.90. The standard InChI is InChI=1S/C26H27F3N4O4/c1-3-15(2)30-25(36)33-22(16-5-4-6-16)14-21(32-33)20-12-9-18(13-23(20)34)31-24(35)17-7-10-19(11-8-17)37-26(27,28)29/h7-16,34H,3-6H2,1-2H3,(H,30,36)(H,31,35). The van der Waals surface area contributed by atoms with E-state index in [2.05, 4.69) is 20.5 Å². The van der Waals surface area contributed by atoms with Crippen LogP contribution < -0.4 is 15.4 Å². The number of phenolic OH excluding ortho intramolecular Hbond substituents is 1. The average Bonchev–Trinajstić information content (AvgIpc) is 3.21. The molecule has 0 saturated heterocycles. The molecule has 2 aromatic carbocycles. The SMILES string of the molecule is CCC(C)NC(=O)n1nc(-c2ccc(NC(=O)c3ccc(OC(F)(F)F)cc3)cc2O)cc1C1CCC1. The smallest absolute Gasteiger partial charge is 0.507 e. The number of benzene rings is 2. The number of carbonyl (C=O) groups excluding carboxylic acids is 2. The van der Waals surface area contributed by atoms with E-state index in [9.17, 15) is 27.9 Å². The van der Waals surface area contributed by atoms with E-state index in [1.165, 1.54) is 22.9 Å². The van der Waals surface area contributed by atoms with Gasteiger partial charge in [0.1, 0.15) is 11.5 Å². The highest BCUT2D eigenvalue weighted by atomic mass is 19.4. The van der Waals surface area contributed by atoms with Gasteiger partial charge in [0, 0.05) is 34.8 Å².